The summed E-state index contributed by atoms with van der Waals surface area (Å²) in [4.78, 5) is 12.0. The standard InChI is InChI=1S/C24H23NO2/c1-18(24(26)27-2)23-16-15-22(20-12-7-4-8-13-20)21(14-9-17-25-23)19-10-5-3-6-11-19/h3-14,16-18,23,25H,1-2H3/b17-9+,21-14+. The van der Waals surface area contributed by atoms with Gasteiger partial charge in [0.2, 0.25) is 0 Å². The first-order valence-corrected chi connectivity index (χ1v) is 8.99. The van der Waals surface area contributed by atoms with Gasteiger partial charge in [-0.2, -0.15) is 0 Å². The Morgan fingerprint density at radius 2 is 1.67 bits per heavy atom. The fraction of sp³-hybridized carbons (Fsp3) is 0.167. The zero-order valence-corrected chi connectivity index (χ0v) is 15.6. The Labute approximate surface area is 160 Å². The summed E-state index contributed by atoms with van der Waals surface area (Å²) in [5, 5.41) is 3.26. The molecule has 1 N–H and O–H groups in total. The molecule has 0 saturated heterocycles. The second-order valence-electron chi connectivity index (χ2n) is 6.36. The van der Waals surface area contributed by atoms with Crippen molar-refractivity contribution in [1.82, 2.24) is 5.32 Å². The van der Waals surface area contributed by atoms with E-state index < -0.39 is 0 Å². The van der Waals surface area contributed by atoms with Crippen molar-refractivity contribution in [2.45, 2.75) is 13.0 Å². The lowest BCUT2D eigenvalue weighted by Gasteiger charge is -2.18. The van der Waals surface area contributed by atoms with E-state index >= 15 is 0 Å². The van der Waals surface area contributed by atoms with Crippen molar-refractivity contribution in [1.29, 1.82) is 0 Å². The molecule has 2 unspecified atom stereocenters. The Morgan fingerprint density at radius 1 is 1.04 bits per heavy atom. The molecule has 2 aromatic carbocycles. The monoisotopic (exact) mass is 357 g/mol. The van der Waals surface area contributed by atoms with Crippen LogP contribution in [0.25, 0.3) is 11.1 Å². The second kappa shape index (κ2) is 8.88. The SMILES string of the molecule is COC(=O)C(C)C1C=C=C(c2ccccc2)/C(c2ccccc2)=C/C=C/N1. The zero-order chi connectivity index (χ0) is 19.1. The minimum Gasteiger partial charge on any atom is -0.469 e. The fourth-order valence-corrected chi connectivity index (χ4v) is 3.02. The van der Waals surface area contributed by atoms with Gasteiger partial charge in [-0.25, -0.2) is 0 Å². The number of methoxy groups -OCH3 is 1. The molecule has 3 rings (SSSR count). The maximum atomic E-state index is 12.0. The molecule has 0 bridgehead atoms. The van der Waals surface area contributed by atoms with E-state index in [0.29, 0.717) is 0 Å². The number of hydrogen-bond acceptors (Lipinski definition) is 3. The maximum absolute atomic E-state index is 12.0. The molecule has 0 aromatic heterocycles. The van der Waals surface area contributed by atoms with Crippen molar-refractivity contribution in [3.05, 3.63) is 102 Å². The minimum atomic E-state index is -0.331. The van der Waals surface area contributed by atoms with Gasteiger partial charge in [-0.15, -0.1) is 5.73 Å². The smallest absolute Gasteiger partial charge is 0.310 e. The third kappa shape index (κ3) is 4.46. The predicted octanol–water partition coefficient (Wildman–Crippen LogP) is 4.60. The topological polar surface area (TPSA) is 38.3 Å². The maximum Gasteiger partial charge on any atom is 0.310 e. The summed E-state index contributed by atoms with van der Waals surface area (Å²) >= 11 is 0. The van der Waals surface area contributed by atoms with E-state index in [1.165, 1.54) is 7.11 Å². The van der Waals surface area contributed by atoms with Crippen LogP contribution in [0, 0.1) is 5.92 Å². The van der Waals surface area contributed by atoms with Crippen LogP contribution in [0.15, 0.2) is 90.8 Å². The highest BCUT2D eigenvalue weighted by Gasteiger charge is 2.22. The second-order valence-corrected chi connectivity index (χ2v) is 6.36. The van der Waals surface area contributed by atoms with Crippen LogP contribution < -0.4 is 5.32 Å². The van der Waals surface area contributed by atoms with E-state index in [2.05, 4.69) is 41.4 Å². The van der Waals surface area contributed by atoms with Crippen LogP contribution in [-0.4, -0.2) is 19.1 Å². The number of rotatable bonds is 4. The summed E-state index contributed by atoms with van der Waals surface area (Å²) in [6.45, 7) is 1.85. The van der Waals surface area contributed by atoms with Crippen molar-refractivity contribution >= 4 is 17.1 Å². The van der Waals surface area contributed by atoms with Gasteiger partial charge in [-0.05, 0) is 42.0 Å². The molecule has 0 radical (unpaired) electrons. The fourth-order valence-electron chi connectivity index (χ4n) is 3.02. The Hall–Kier alpha value is -3.29. The molecular formula is C24H23NO2. The number of carbonyl (C=O) groups is 1. The molecule has 3 heteroatoms. The average molecular weight is 357 g/mol. The van der Waals surface area contributed by atoms with E-state index in [1.807, 2.05) is 61.7 Å². The van der Waals surface area contributed by atoms with Gasteiger partial charge in [0, 0.05) is 5.57 Å². The van der Waals surface area contributed by atoms with Crippen molar-refractivity contribution < 1.29 is 9.53 Å². The molecule has 1 aliphatic rings. The minimum absolute atomic E-state index is 0.212. The molecule has 136 valence electrons. The molecule has 1 heterocycles. The van der Waals surface area contributed by atoms with Crippen molar-refractivity contribution in [2.75, 3.05) is 7.11 Å². The van der Waals surface area contributed by atoms with Crippen LogP contribution in [0.2, 0.25) is 0 Å². The average Bonchev–Trinajstić information content (AvgIpc) is 2.84. The zero-order valence-electron chi connectivity index (χ0n) is 15.6. The highest BCUT2D eigenvalue weighted by Crippen LogP contribution is 2.31. The summed E-state index contributed by atoms with van der Waals surface area (Å²) < 4.78 is 4.90. The van der Waals surface area contributed by atoms with Gasteiger partial charge in [0.15, 0.2) is 0 Å². The highest BCUT2D eigenvalue weighted by atomic mass is 16.5. The van der Waals surface area contributed by atoms with Crippen LogP contribution in [0.5, 0.6) is 0 Å². The van der Waals surface area contributed by atoms with E-state index in [1.54, 1.807) is 0 Å². The highest BCUT2D eigenvalue weighted by molar-refractivity contribution is 6.05. The molecule has 2 aromatic rings. The lowest BCUT2D eigenvalue weighted by Crippen LogP contribution is -2.34. The lowest BCUT2D eigenvalue weighted by atomic mass is 9.92. The summed E-state index contributed by atoms with van der Waals surface area (Å²) in [7, 11) is 1.41. The summed E-state index contributed by atoms with van der Waals surface area (Å²) in [6, 6.07) is 20.2. The van der Waals surface area contributed by atoms with Crippen LogP contribution in [0.3, 0.4) is 0 Å². The van der Waals surface area contributed by atoms with Crippen LogP contribution in [0.1, 0.15) is 18.1 Å². The molecule has 0 fully saturated rings. The number of benzene rings is 2. The summed E-state index contributed by atoms with van der Waals surface area (Å²) in [6.07, 6.45) is 7.80. The Kier molecular flexibility index (Phi) is 6.09. The summed E-state index contributed by atoms with van der Waals surface area (Å²) in [5.74, 6) is -0.585. The van der Waals surface area contributed by atoms with E-state index in [9.17, 15) is 4.79 Å². The largest absolute Gasteiger partial charge is 0.469 e. The van der Waals surface area contributed by atoms with Gasteiger partial charge in [0.25, 0.3) is 0 Å². The first kappa shape index (κ1) is 18.5. The first-order chi connectivity index (χ1) is 13.2. The van der Waals surface area contributed by atoms with Crippen molar-refractivity contribution in [2.24, 2.45) is 5.92 Å². The number of nitrogens with one attached hydrogen (secondary N) is 1. The van der Waals surface area contributed by atoms with Crippen LogP contribution in [-0.2, 0) is 9.53 Å². The number of ether oxygens (including phenoxy) is 1. The summed E-state index contributed by atoms with van der Waals surface area (Å²) in [5.41, 5.74) is 7.69. The van der Waals surface area contributed by atoms with Gasteiger partial charge in [0.1, 0.15) is 0 Å². The molecule has 0 aliphatic carbocycles. The van der Waals surface area contributed by atoms with Crippen LogP contribution >= 0.6 is 0 Å². The van der Waals surface area contributed by atoms with Gasteiger partial charge in [-0.1, -0.05) is 66.7 Å². The number of allylic oxidation sites excluding steroid dienone is 3. The number of esters is 1. The molecule has 2 atom stereocenters. The van der Waals surface area contributed by atoms with Crippen molar-refractivity contribution in [3.63, 3.8) is 0 Å². The molecule has 0 saturated carbocycles. The molecule has 3 nitrogen and oxygen atoms in total. The normalized spacial score (nSPS) is 20.6. The third-order valence-electron chi connectivity index (χ3n) is 4.58. The molecule has 0 spiro atoms. The Morgan fingerprint density at radius 3 is 2.30 bits per heavy atom. The van der Waals surface area contributed by atoms with Gasteiger partial charge < -0.3 is 10.1 Å². The van der Waals surface area contributed by atoms with Gasteiger partial charge >= 0.3 is 5.97 Å². The molecule has 27 heavy (non-hydrogen) atoms. The van der Waals surface area contributed by atoms with E-state index in [-0.39, 0.29) is 17.9 Å². The molecular weight excluding hydrogens is 334 g/mol. The quantitative estimate of drug-likeness (QED) is 0.642. The lowest BCUT2D eigenvalue weighted by molar-refractivity contribution is -0.145. The predicted molar refractivity (Wildman–Crippen MR) is 110 cm³/mol. The number of hydrogen-bond donors (Lipinski definition) is 1. The van der Waals surface area contributed by atoms with Crippen LogP contribution in [0.4, 0.5) is 0 Å². The van der Waals surface area contributed by atoms with E-state index in [4.69, 9.17) is 4.74 Å². The van der Waals surface area contributed by atoms with Gasteiger partial charge in [0.05, 0.1) is 19.1 Å². The Bertz CT molecular complexity index is 904. The Balaban J connectivity index is 2.13. The van der Waals surface area contributed by atoms with Gasteiger partial charge in [-0.3, -0.25) is 4.79 Å². The van der Waals surface area contributed by atoms with E-state index in [0.717, 1.165) is 22.3 Å². The molecule has 0 amide bonds. The first-order valence-electron chi connectivity index (χ1n) is 8.99. The third-order valence-corrected chi connectivity index (χ3v) is 4.58. The van der Waals surface area contributed by atoms with Crippen molar-refractivity contribution in [3.8, 4) is 0 Å². The molecule has 1 aliphatic heterocycles. The number of carbonyl (C=O) groups excluding carboxylic acids is 1.